The summed E-state index contributed by atoms with van der Waals surface area (Å²) in [7, 11) is -4.13. The maximum absolute atomic E-state index is 14.6. The van der Waals surface area contributed by atoms with Gasteiger partial charge in [-0.05, 0) is 50.6 Å². The van der Waals surface area contributed by atoms with Gasteiger partial charge in [-0.1, -0.05) is 67.4 Å². The van der Waals surface area contributed by atoms with Crippen molar-refractivity contribution in [1.82, 2.24) is 10.2 Å². The minimum absolute atomic E-state index is 0.0272. The van der Waals surface area contributed by atoms with Gasteiger partial charge in [0.05, 0.1) is 10.6 Å². The monoisotopic (exact) mass is 539 g/mol. The predicted octanol–water partition coefficient (Wildman–Crippen LogP) is 4.66. The summed E-state index contributed by atoms with van der Waals surface area (Å²) < 4.78 is 42.9. The van der Waals surface area contributed by atoms with Crippen molar-refractivity contribution in [3.05, 3.63) is 95.8 Å². The van der Waals surface area contributed by atoms with Crippen molar-refractivity contribution in [2.75, 3.05) is 17.4 Å². The van der Waals surface area contributed by atoms with Gasteiger partial charge in [0.15, 0.2) is 0 Å². The Kier molecular flexibility index (Phi) is 10.0. The van der Waals surface area contributed by atoms with Crippen LogP contribution < -0.4 is 9.62 Å². The molecule has 0 bridgehead atoms. The first-order valence-electron chi connectivity index (χ1n) is 12.6. The number of sulfonamides is 1. The summed E-state index contributed by atoms with van der Waals surface area (Å²) in [5.41, 5.74) is 1.45. The molecule has 3 aromatic carbocycles. The molecule has 38 heavy (non-hydrogen) atoms. The van der Waals surface area contributed by atoms with Crippen molar-refractivity contribution in [3.8, 4) is 0 Å². The van der Waals surface area contributed by atoms with E-state index < -0.39 is 40.2 Å². The Balaban J connectivity index is 1.99. The van der Waals surface area contributed by atoms with Crippen LogP contribution in [0.4, 0.5) is 10.1 Å². The molecular formula is C29H34FN3O4S. The zero-order chi connectivity index (χ0) is 27.7. The molecule has 2 amide bonds. The summed E-state index contributed by atoms with van der Waals surface area (Å²) in [5, 5.41) is 2.81. The van der Waals surface area contributed by atoms with Crippen LogP contribution in [0.3, 0.4) is 0 Å². The molecule has 0 aliphatic rings. The van der Waals surface area contributed by atoms with Crippen LogP contribution in [0, 0.1) is 12.7 Å². The summed E-state index contributed by atoms with van der Waals surface area (Å²) >= 11 is 0. The van der Waals surface area contributed by atoms with Gasteiger partial charge in [-0.25, -0.2) is 12.8 Å². The Morgan fingerprint density at radius 3 is 2.21 bits per heavy atom. The smallest absolute Gasteiger partial charge is 0.264 e. The highest BCUT2D eigenvalue weighted by Crippen LogP contribution is 2.25. The summed E-state index contributed by atoms with van der Waals surface area (Å²) in [5.74, 6) is -1.54. The average molecular weight is 540 g/mol. The highest BCUT2D eigenvalue weighted by Gasteiger charge is 2.32. The fraction of sp³-hybridized carbons (Fsp3) is 0.310. The van der Waals surface area contributed by atoms with Gasteiger partial charge in [0.1, 0.15) is 18.4 Å². The standard InChI is InChI=1S/C29H34FN3O4S/c1-4-5-19-31-29(35)23(3)32(20-24-11-9-10-14-27(24)30)28(34)21-33(25-17-15-22(2)16-18-25)38(36,37)26-12-7-6-8-13-26/h6-18,23H,4-5,19-21H2,1-3H3,(H,31,35)/t23-/m1/s1. The van der Waals surface area contributed by atoms with E-state index in [2.05, 4.69) is 5.32 Å². The van der Waals surface area contributed by atoms with Crippen LogP contribution >= 0.6 is 0 Å². The highest BCUT2D eigenvalue weighted by atomic mass is 32.2. The molecule has 0 saturated carbocycles. The molecule has 202 valence electrons. The molecule has 1 atom stereocenters. The fourth-order valence-corrected chi connectivity index (χ4v) is 5.32. The lowest BCUT2D eigenvalue weighted by Crippen LogP contribution is -2.51. The lowest BCUT2D eigenvalue weighted by atomic mass is 10.1. The molecule has 9 heteroatoms. The highest BCUT2D eigenvalue weighted by molar-refractivity contribution is 7.92. The van der Waals surface area contributed by atoms with Crippen LogP contribution in [-0.4, -0.2) is 44.3 Å². The second-order valence-corrected chi connectivity index (χ2v) is 11.0. The van der Waals surface area contributed by atoms with Crippen LogP contribution in [-0.2, 0) is 26.2 Å². The quantitative estimate of drug-likeness (QED) is 0.339. The Labute approximate surface area is 224 Å². The predicted molar refractivity (Wildman–Crippen MR) is 146 cm³/mol. The first-order chi connectivity index (χ1) is 18.1. The molecule has 0 heterocycles. The van der Waals surface area contributed by atoms with Crippen LogP contribution in [0.5, 0.6) is 0 Å². The van der Waals surface area contributed by atoms with Gasteiger partial charge in [-0.15, -0.1) is 0 Å². The molecule has 1 N–H and O–H groups in total. The number of hydrogen-bond donors (Lipinski definition) is 1. The number of unbranched alkanes of at least 4 members (excludes halogenated alkanes) is 1. The van der Waals surface area contributed by atoms with Crippen molar-refractivity contribution < 1.29 is 22.4 Å². The van der Waals surface area contributed by atoms with Gasteiger partial charge in [0.2, 0.25) is 11.8 Å². The molecule has 0 aromatic heterocycles. The first-order valence-corrected chi connectivity index (χ1v) is 14.0. The van der Waals surface area contributed by atoms with E-state index in [1.165, 1.54) is 35.2 Å². The lowest BCUT2D eigenvalue weighted by Gasteiger charge is -2.32. The molecule has 3 rings (SSSR count). The minimum atomic E-state index is -4.13. The molecule has 0 saturated heterocycles. The SMILES string of the molecule is CCCCNC(=O)[C@@H](C)N(Cc1ccccc1F)C(=O)CN(c1ccc(C)cc1)S(=O)(=O)c1ccccc1. The third-order valence-corrected chi connectivity index (χ3v) is 8.02. The third-order valence-electron chi connectivity index (χ3n) is 6.23. The van der Waals surface area contributed by atoms with Crippen molar-refractivity contribution in [3.63, 3.8) is 0 Å². The zero-order valence-corrected chi connectivity index (χ0v) is 22.7. The van der Waals surface area contributed by atoms with E-state index in [1.54, 1.807) is 55.5 Å². The normalized spacial score (nSPS) is 12.0. The fourth-order valence-electron chi connectivity index (χ4n) is 3.89. The van der Waals surface area contributed by atoms with Crippen LogP contribution in [0.25, 0.3) is 0 Å². The number of aryl methyl sites for hydroxylation is 1. The Hall–Kier alpha value is -3.72. The van der Waals surface area contributed by atoms with E-state index >= 15 is 0 Å². The molecule has 0 spiro atoms. The first kappa shape index (κ1) is 28.8. The van der Waals surface area contributed by atoms with Gasteiger partial charge in [0, 0.05) is 18.7 Å². The summed E-state index contributed by atoms with van der Waals surface area (Å²) in [6.45, 7) is 5.11. The van der Waals surface area contributed by atoms with E-state index in [-0.39, 0.29) is 17.0 Å². The largest absolute Gasteiger partial charge is 0.354 e. The number of amides is 2. The van der Waals surface area contributed by atoms with Gasteiger partial charge in [0.25, 0.3) is 10.0 Å². The Bertz CT molecular complexity index is 1330. The number of halogens is 1. The number of carbonyl (C=O) groups excluding carboxylic acids is 2. The van der Waals surface area contributed by atoms with E-state index in [4.69, 9.17) is 0 Å². The number of nitrogens with one attached hydrogen (secondary N) is 1. The van der Waals surface area contributed by atoms with Crippen LogP contribution in [0.1, 0.15) is 37.8 Å². The third kappa shape index (κ3) is 7.19. The molecule has 0 aliphatic heterocycles. The zero-order valence-electron chi connectivity index (χ0n) is 21.9. The molecule has 0 aliphatic carbocycles. The van der Waals surface area contributed by atoms with Crippen molar-refractivity contribution in [2.24, 2.45) is 0 Å². The molecule has 0 unspecified atom stereocenters. The van der Waals surface area contributed by atoms with Crippen molar-refractivity contribution >= 4 is 27.5 Å². The van der Waals surface area contributed by atoms with Gasteiger partial charge in [-0.3, -0.25) is 13.9 Å². The molecule has 0 fully saturated rings. The molecule has 3 aromatic rings. The minimum Gasteiger partial charge on any atom is -0.354 e. The number of nitrogens with zero attached hydrogens (tertiary/aromatic N) is 2. The summed E-state index contributed by atoms with van der Waals surface area (Å²) in [6, 6.07) is 19.7. The van der Waals surface area contributed by atoms with E-state index in [0.717, 1.165) is 22.7 Å². The van der Waals surface area contributed by atoms with Crippen LogP contribution in [0.2, 0.25) is 0 Å². The molecule has 0 radical (unpaired) electrons. The Morgan fingerprint density at radius 1 is 0.947 bits per heavy atom. The number of hydrogen-bond acceptors (Lipinski definition) is 4. The summed E-state index contributed by atoms with van der Waals surface area (Å²) in [4.78, 5) is 28.0. The van der Waals surface area contributed by atoms with E-state index in [9.17, 15) is 22.4 Å². The molecule has 7 nitrogen and oxygen atoms in total. The number of benzene rings is 3. The summed E-state index contributed by atoms with van der Waals surface area (Å²) in [6.07, 6.45) is 1.66. The van der Waals surface area contributed by atoms with E-state index in [1.807, 2.05) is 13.8 Å². The topological polar surface area (TPSA) is 86.8 Å². The lowest BCUT2D eigenvalue weighted by molar-refractivity contribution is -0.139. The van der Waals surface area contributed by atoms with Crippen molar-refractivity contribution in [2.45, 2.75) is 51.1 Å². The Morgan fingerprint density at radius 2 is 1.58 bits per heavy atom. The number of carbonyl (C=O) groups is 2. The average Bonchev–Trinajstić information content (AvgIpc) is 2.92. The van der Waals surface area contributed by atoms with Gasteiger partial charge < -0.3 is 10.2 Å². The second-order valence-electron chi connectivity index (χ2n) is 9.09. The molecular weight excluding hydrogens is 505 g/mol. The number of rotatable bonds is 12. The van der Waals surface area contributed by atoms with E-state index in [0.29, 0.717) is 12.2 Å². The van der Waals surface area contributed by atoms with Crippen molar-refractivity contribution in [1.29, 1.82) is 0 Å². The van der Waals surface area contributed by atoms with Gasteiger partial charge >= 0.3 is 0 Å². The maximum Gasteiger partial charge on any atom is 0.264 e. The number of anilines is 1. The van der Waals surface area contributed by atoms with Crippen LogP contribution in [0.15, 0.2) is 83.8 Å². The maximum atomic E-state index is 14.6. The van der Waals surface area contributed by atoms with Gasteiger partial charge in [-0.2, -0.15) is 0 Å². The second kappa shape index (κ2) is 13.2.